The Morgan fingerprint density at radius 1 is 1.17 bits per heavy atom. The fourth-order valence-corrected chi connectivity index (χ4v) is 1.78. The third-order valence-electron chi connectivity index (χ3n) is 2.85. The molecule has 0 atom stereocenters. The molecule has 1 aromatic rings. The van der Waals surface area contributed by atoms with Crippen molar-refractivity contribution in [1.82, 2.24) is 5.32 Å². The van der Waals surface area contributed by atoms with Gasteiger partial charge in [-0.15, -0.1) is 0 Å². The van der Waals surface area contributed by atoms with Gasteiger partial charge in [-0.1, -0.05) is 26.0 Å². The van der Waals surface area contributed by atoms with Crippen LogP contribution in [-0.4, -0.2) is 19.0 Å². The molecule has 0 radical (unpaired) electrons. The van der Waals surface area contributed by atoms with Crippen LogP contribution in [0.5, 0.6) is 0 Å². The van der Waals surface area contributed by atoms with Gasteiger partial charge >= 0.3 is 0 Å². The van der Waals surface area contributed by atoms with E-state index >= 15 is 0 Å². The molecule has 3 nitrogen and oxygen atoms in total. The number of carbonyl (C=O) groups is 1. The van der Waals surface area contributed by atoms with Gasteiger partial charge in [0.15, 0.2) is 0 Å². The summed E-state index contributed by atoms with van der Waals surface area (Å²) in [5.41, 5.74) is 2.14. The highest BCUT2D eigenvalue weighted by molar-refractivity contribution is 5.88. The van der Waals surface area contributed by atoms with Gasteiger partial charge in [0.05, 0.1) is 0 Å². The minimum atomic E-state index is -0.0303. The average Bonchev–Trinajstić information content (AvgIpc) is 2.87. The van der Waals surface area contributed by atoms with Crippen molar-refractivity contribution in [3.8, 4) is 0 Å². The summed E-state index contributed by atoms with van der Waals surface area (Å²) < 4.78 is 0. The van der Waals surface area contributed by atoms with Crippen LogP contribution in [0.2, 0.25) is 0 Å². The standard InChI is InChI=1S/C11H15NO.C4H9N/c1-8(2)10-4-6-11(7-5-10)12-9(3)13;1-2-4-5-3-1/h4-8H,1-3H3,(H,12,13);5H,1-4H2. The maximum Gasteiger partial charge on any atom is 0.221 e. The zero-order chi connectivity index (χ0) is 13.4. The van der Waals surface area contributed by atoms with Gasteiger partial charge in [0.2, 0.25) is 5.91 Å². The number of benzene rings is 1. The van der Waals surface area contributed by atoms with Crippen LogP contribution in [-0.2, 0) is 4.79 Å². The number of hydrogen-bond acceptors (Lipinski definition) is 2. The van der Waals surface area contributed by atoms with E-state index in [-0.39, 0.29) is 5.91 Å². The lowest BCUT2D eigenvalue weighted by Crippen LogP contribution is -2.05. The van der Waals surface area contributed by atoms with Crippen LogP contribution in [0, 0.1) is 0 Å². The molecule has 1 saturated heterocycles. The first-order valence-electron chi connectivity index (χ1n) is 6.68. The van der Waals surface area contributed by atoms with Gasteiger partial charge in [0.1, 0.15) is 0 Å². The number of rotatable bonds is 2. The van der Waals surface area contributed by atoms with Crippen molar-refractivity contribution in [2.24, 2.45) is 0 Å². The molecule has 0 spiro atoms. The van der Waals surface area contributed by atoms with E-state index in [1.54, 1.807) is 0 Å². The summed E-state index contributed by atoms with van der Waals surface area (Å²) in [4.78, 5) is 10.7. The minimum absolute atomic E-state index is 0.0303. The first-order chi connectivity index (χ1) is 8.59. The molecule has 1 aliphatic heterocycles. The molecule has 1 heterocycles. The number of hydrogen-bond donors (Lipinski definition) is 2. The quantitative estimate of drug-likeness (QED) is 0.844. The van der Waals surface area contributed by atoms with Crippen molar-refractivity contribution < 1.29 is 4.79 Å². The van der Waals surface area contributed by atoms with E-state index in [0.717, 1.165) is 5.69 Å². The molecule has 1 aromatic carbocycles. The largest absolute Gasteiger partial charge is 0.326 e. The van der Waals surface area contributed by atoms with Crippen LogP contribution in [0.3, 0.4) is 0 Å². The molecule has 0 bridgehead atoms. The Labute approximate surface area is 110 Å². The second kappa shape index (κ2) is 7.88. The van der Waals surface area contributed by atoms with Crippen molar-refractivity contribution in [3.05, 3.63) is 29.8 Å². The first kappa shape index (κ1) is 14.7. The molecule has 1 fully saturated rings. The van der Waals surface area contributed by atoms with E-state index in [2.05, 4.69) is 24.5 Å². The van der Waals surface area contributed by atoms with Crippen molar-refractivity contribution in [3.63, 3.8) is 0 Å². The summed E-state index contributed by atoms with van der Waals surface area (Å²) in [6, 6.07) is 7.93. The molecule has 0 unspecified atom stereocenters. The SMILES string of the molecule is C1CCNC1.CC(=O)Nc1ccc(C(C)C)cc1. The van der Waals surface area contributed by atoms with Crippen molar-refractivity contribution >= 4 is 11.6 Å². The lowest BCUT2D eigenvalue weighted by Gasteiger charge is -2.06. The van der Waals surface area contributed by atoms with Gasteiger partial charge in [0.25, 0.3) is 0 Å². The van der Waals surface area contributed by atoms with Gasteiger partial charge in [0, 0.05) is 12.6 Å². The fraction of sp³-hybridized carbons (Fsp3) is 0.533. The summed E-state index contributed by atoms with van der Waals surface area (Å²) in [6.07, 6.45) is 2.78. The molecular weight excluding hydrogens is 224 g/mol. The molecule has 3 heteroatoms. The van der Waals surface area contributed by atoms with Crippen LogP contribution in [0.1, 0.15) is 45.1 Å². The maximum atomic E-state index is 10.7. The van der Waals surface area contributed by atoms with Crippen molar-refractivity contribution in [2.45, 2.75) is 39.5 Å². The molecule has 1 aliphatic rings. The molecule has 1 amide bonds. The topological polar surface area (TPSA) is 41.1 Å². The smallest absolute Gasteiger partial charge is 0.221 e. The Bertz CT molecular complexity index is 346. The summed E-state index contributed by atoms with van der Waals surface area (Å²) in [7, 11) is 0. The molecule has 0 aliphatic carbocycles. The maximum absolute atomic E-state index is 10.7. The van der Waals surface area contributed by atoms with Crippen LogP contribution < -0.4 is 10.6 Å². The minimum Gasteiger partial charge on any atom is -0.326 e. The zero-order valence-corrected chi connectivity index (χ0v) is 11.6. The Balaban J connectivity index is 0.000000269. The Hall–Kier alpha value is -1.35. The van der Waals surface area contributed by atoms with E-state index in [0.29, 0.717) is 5.92 Å². The van der Waals surface area contributed by atoms with Crippen LogP contribution >= 0.6 is 0 Å². The predicted octanol–water partition coefficient (Wildman–Crippen LogP) is 3.14. The summed E-state index contributed by atoms with van der Waals surface area (Å²) in [5.74, 6) is 0.503. The highest BCUT2D eigenvalue weighted by atomic mass is 16.1. The Morgan fingerprint density at radius 2 is 1.72 bits per heavy atom. The first-order valence-corrected chi connectivity index (χ1v) is 6.68. The Morgan fingerprint density at radius 3 is 2.06 bits per heavy atom. The van der Waals surface area contributed by atoms with Gasteiger partial charge in [-0.2, -0.15) is 0 Å². The molecule has 2 N–H and O–H groups in total. The second-order valence-corrected chi connectivity index (χ2v) is 4.92. The van der Waals surface area contributed by atoms with Gasteiger partial charge in [-0.05, 0) is 49.5 Å². The number of anilines is 1. The van der Waals surface area contributed by atoms with E-state index in [4.69, 9.17) is 0 Å². The highest BCUT2D eigenvalue weighted by Gasteiger charge is 1.99. The monoisotopic (exact) mass is 248 g/mol. The zero-order valence-electron chi connectivity index (χ0n) is 11.6. The van der Waals surface area contributed by atoms with E-state index in [9.17, 15) is 4.79 Å². The molecule has 2 rings (SSSR count). The van der Waals surface area contributed by atoms with Crippen LogP contribution in [0.15, 0.2) is 24.3 Å². The van der Waals surface area contributed by atoms with E-state index < -0.39 is 0 Å². The lowest BCUT2D eigenvalue weighted by molar-refractivity contribution is -0.114. The van der Waals surface area contributed by atoms with Crippen LogP contribution in [0.25, 0.3) is 0 Å². The molecule has 100 valence electrons. The number of amides is 1. The average molecular weight is 248 g/mol. The van der Waals surface area contributed by atoms with Crippen molar-refractivity contribution in [1.29, 1.82) is 0 Å². The number of carbonyl (C=O) groups excluding carboxylic acids is 1. The number of nitrogens with one attached hydrogen (secondary N) is 2. The molecule has 0 aromatic heterocycles. The van der Waals surface area contributed by atoms with Gasteiger partial charge < -0.3 is 10.6 Å². The summed E-state index contributed by atoms with van der Waals surface area (Å²) >= 11 is 0. The highest BCUT2D eigenvalue weighted by Crippen LogP contribution is 2.16. The summed E-state index contributed by atoms with van der Waals surface area (Å²) in [6.45, 7) is 8.30. The van der Waals surface area contributed by atoms with Gasteiger partial charge in [-0.3, -0.25) is 4.79 Å². The van der Waals surface area contributed by atoms with E-state index in [1.807, 2.05) is 24.3 Å². The second-order valence-electron chi connectivity index (χ2n) is 4.92. The molecule has 18 heavy (non-hydrogen) atoms. The van der Waals surface area contributed by atoms with E-state index in [1.165, 1.54) is 38.4 Å². The third-order valence-corrected chi connectivity index (χ3v) is 2.85. The van der Waals surface area contributed by atoms with Gasteiger partial charge in [-0.25, -0.2) is 0 Å². The van der Waals surface area contributed by atoms with Crippen LogP contribution in [0.4, 0.5) is 5.69 Å². The lowest BCUT2D eigenvalue weighted by atomic mass is 10.0. The third kappa shape index (κ3) is 5.82. The fourth-order valence-electron chi connectivity index (χ4n) is 1.78. The molecular formula is C15H24N2O. The predicted molar refractivity (Wildman–Crippen MR) is 76.9 cm³/mol. The Kier molecular flexibility index (Phi) is 6.44. The molecule has 0 saturated carbocycles. The summed E-state index contributed by atoms with van der Waals surface area (Å²) in [5, 5.41) is 5.95. The van der Waals surface area contributed by atoms with Crippen molar-refractivity contribution in [2.75, 3.05) is 18.4 Å². The normalized spacial score (nSPS) is 14.0.